The molecule has 5 nitrogen and oxygen atoms in total. The molecule has 0 radical (unpaired) electrons. The summed E-state index contributed by atoms with van der Waals surface area (Å²) in [5.41, 5.74) is 3.31. The second-order valence-electron chi connectivity index (χ2n) is 7.57. The van der Waals surface area contributed by atoms with Gasteiger partial charge in [-0.3, -0.25) is 9.59 Å². The quantitative estimate of drug-likeness (QED) is 0.857. The van der Waals surface area contributed by atoms with Crippen LogP contribution in [0.1, 0.15) is 48.9 Å². The molecule has 2 saturated heterocycles. The predicted octanol–water partition coefficient (Wildman–Crippen LogP) is 4.45. The minimum atomic E-state index is -0.143. The molecule has 1 N–H and O–H groups in total. The Morgan fingerprint density at radius 1 is 0.857 bits per heavy atom. The van der Waals surface area contributed by atoms with Gasteiger partial charge in [0.15, 0.2) is 0 Å². The molecule has 0 atom stereocenters. The fourth-order valence-corrected chi connectivity index (χ4v) is 4.10. The van der Waals surface area contributed by atoms with Crippen LogP contribution in [0.2, 0.25) is 0 Å². The third-order valence-electron chi connectivity index (χ3n) is 5.59. The average molecular weight is 377 g/mol. The van der Waals surface area contributed by atoms with Crippen molar-refractivity contribution in [2.45, 2.75) is 38.5 Å². The van der Waals surface area contributed by atoms with Gasteiger partial charge in [-0.1, -0.05) is 31.0 Å². The van der Waals surface area contributed by atoms with E-state index in [0.717, 1.165) is 43.1 Å². The first-order valence-electron chi connectivity index (χ1n) is 10.3. The van der Waals surface area contributed by atoms with Crippen LogP contribution in [-0.4, -0.2) is 31.4 Å². The van der Waals surface area contributed by atoms with Gasteiger partial charge in [-0.15, -0.1) is 0 Å². The summed E-state index contributed by atoms with van der Waals surface area (Å²) in [6.07, 6.45) is 6.38. The van der Waals surface area contributed by atoms with E-state index in [1.807, 2.05) is 36.4 Å². The van der Waals surface area contributed by atoms with Crippen molar-refractivity contribution in [1.29, 1.82) is 0 Å². The van der Waals surface area contributed by atoms with Gasteiger partial charge in [-0.2, -0.15) is 0 Å². The van der Waals surface area contributed by atoms with Gasteiger partial charge < -0.3 is 15.1 Å². The van der Waals surface area contributed by atoms with Gasteiger partial charge in [0.2, 0.25) is 5.91 Å². The Labute approximate surface area is 166 Å². The SMILES string of the molecule is O=C(Nc1ccccc1N1CCCCCC1)c1cccc(N2CCCC2=O)c1. The molecule has 0 aromatic heterocycles. The van der Waals surface area contributed by atoms with Crippen molar-refractivity contribution < 1.29 is 9.59 Å². The molecule has 2 aliphatic heterocycles. The lowest BCUT2D eigenvalue weighted by atomic mass is 10.1. The molecule has 2 aliphatic rings. The van der Waals surface area contributed by atoms with Crippen molar-refractivity contribution in [2.24, 2.45) is 0 Å². The number of para-hydroxylation sites is 2. The lowest BCUT2D eigenvalue weighted by molar-refractivity contribution is -0.117. The Morgan fingerprint density at radius 2 is 1.64 bits per heavy atom. The van der Waals surface area contributed by atoms with E-state index in [9.17, 15) is 9.59 Å². The van der Waals surface area contributed by atoms with Crippen molar-refractivity contribution in [1.82, 2.24) is 0 Å². The van der Waals surface area contributed by atoms with E-state index in [2.05, 4.69) is 16.3 Å². The Morgan fingerprint density at radius 3 is 2.39 bits per heavy atom. The molecule has 0 spiro atoms. The van der Waals surface area contributed by atoms with E-state index in [1.54, 1.807) is 11.0 Å². The summed E-state index contributed by atoms with van der Waals surface area (Å²) in [7, 11) is 0. The fourth-order valence-electron chi connectivity index (χ4n) is 4.10. The first kappa shape index (κ1) is 18.5. The summed E-state index contributed by atoms with van der Waals surface area (Å²) in [4.78, 5) is 29.1. The molecule has 2 aromatic rings. The molecule has 2 aromatic carbocycles. The van der Waals surface area contributed by atoms with E-state index in [0.29, 0.717) is 12.0 Å². The zero-order valence-corrected chi connectivity index (χ0v) is 16.2. The first-order chi connectivity index (χ1) is 13.7. The van der Waals surface area contributed by atoms with Gasteiger partial charge in [0.1, 0.15) is 0 Å². The molecule has 0 aliphatic carbocycles. The van der Waals surface area contributed by atoms with Crippen molar-refractivity contribution in [3.8, 4) is 0 Å². The van der Waals surface area contributed by atoms with Crippen LogP contribution in [0.5, 0.6) is 0 Å². The van der Waals surface area contributed by atoms with Crippen LogP contribution in [0.25, 0.3) is 0 Å². The van der Waals surface area contributed by atoms with Crippen molar-refractivity contribution in [2.75, 3.05) is 34.8 Å². The standard InChI is InChI=1S/C23H27N3O2/c27-22-13-8-16-26(22)19-10-7-9-18(17-19)23(28)24-20-11-3-4-12-21(20)25-14-5-1-2-6-15-25/h3-4,7,9-12,17H,1-2,5-6,8,13-16H2,(H,24,28). The minimum Gasteiger partial charge on any atom is -0.370 e. The molecule has 28 heavy (non-hydrogen) atoms. The first-order valence-corrected chi connectivity index (χ1v) is 10.3. The Hall–Kier alpha value is -2.82. The number of anilines is 3. The second kappa shape index (κ2) is 8.46. The van der Waals surface area contributed by atoms with Crippen LogP contribution in [-0.2, 0) is 4.79 Å². The average Bonchev–Trinajstić information content (AvgIpc) is 2.98. The number of hydrogen-bond acceptors (Lipinski definition) is 3. The molecule has 0 saturated carbocycles. The van der Waals surface area contributed by atoms with E-state index < -0.39 is 0 Å². The second-order valence-corrected chi connectivity index (χ2v) is 7.57. The number of benzene rings is 2. The minimum absolute atomic E-state index is 0.129. The third kappa shape index (κ3) is 4.03. The van der Waals surface area contributed by atoms with Crippen LogP contribution >= 0.6 is 0 Å². The number of carbonyl (C=O) groups is 2. The monoisotopic (exact) mass is 377 g/mol. The lowest BCUT2D eigenvalue weighted by Crippen LogP contribution is -2.26. The topological polar surface area (TPSA) is 52.7 Å². The van der Waals surface area contributed by atoms with Crippen molar-refractivity contribution in [3.63, 3.8) is 0 Å². The lowest BCUT2D eigenvalue weighted by Gasteiger charge is -2.25. The van der Waals surface area contributed by atoms with Gasteiger partial charge in [0, 0.05) is 37.3 Å². The van der Waals surface area contributed by atoms with Crippen LogP contribution in [0, 0.1) is 0 Å². The van der Waals surface area contributed by atoms with Gasteiger partial charge in [0.05, 0.1) is 11.4 Å². The molecule has 2 fully saturated rings. The smallest absolute Gasteiger partial charge is 0.255 e. The molecule has 146 valence electrons. The normalized spacial score (nSPS) is 17.5. The summed E-state index contributed by atoms with van der Waals surface area (Å²) < 4.78 is 0. The van der Waals surface area contributed by atoms with E-state index in [-0.39, 0.29) is 11.8 Å². The number of amides is 2. The van der Waals surface area contributed by atoms with E-state index >= 15 is 0 Å². The maximum absolute atomic E-state index is 12.9. The molecule has 4 rings (SSSR count). The fraction of sp³-hybridized carbons (Fsp3) is 0.391. The molecule has 2 amide bonds. The maximum Gasteiger partial charge on any atom is 0.255 e. The van der Waals surface area contributed by atoms with E-state index in [4.69, 9.17) is 0 Å². The van der Waals surface area contributed by atoms with Crippen molar-refractivity contribution in [3.05, 3.63) is 54.1 Å². The third-order valence-corrected chi connectivity index (χ3v) is 5.59. The predicted molar refractivity (Wildman–Crippen MR) is 113 cm³/mol. The zero-order chi connectivity index (χ0) is 19.3. The number of hydrogen-bond donors (Lipinski definition) is 1. The molecule has 2 heterocycles. The Kier molecular flexibility index (Phi) is 5.60. The molecular weight excluding hydrogens is 350 g/mol. The highest BCUT2D eigenvalue weighted by atomic mass is 16.2. The molecular formula is C23H27N3O2. The number of nitrogens with one attached hydrogen (secondary N) is 1. The summed E-state index contributed by atoms with van der Waals surface area (Å²) in [5, 5.41) is 3.09. The summed E-state index contributed by atoms with van der Waals surface area (Å²) in [6, 6.07) is 15.4. The number of nitrogens with zero attached hydrogens (tertiary/aromatic N) is 2. The molecule has 0 unspecified atom stereocenters. The molecule has 5 heteroatoms. The maximum atomic E-state index is 12.9. The summed E-state index contributed by atoms with van der Waals surface area (Å²) in [6.45, 7) is 2.78. The molecule has 0 bridgehead atoms. The summed E-state index contributed by atoms with van der Waals surface area (Å²) in [5.74, 6) is -0.0140. The number of rotatable bonds is 4. The Bertz CT molecular complexity index is 856. The van der Waals surface area contributed by atoms with Crippen LogP contribution in [0.3, 0.4) is 0 Å². The highest BCUT2D eigenvalue weighted by molar-refractivity contribution is 6.07. The highest BCUT2D eigenvalue weighted by Crippen LogP contribution is 2.29. The largest absolute Gasteiger partial charge is 0.370 e. The number of carbonyl (C=O) groups excluding carboxylic acids is 2. The zero-order valence-electron chi connectivity index (χ0n) is 16.2. The van der Waals surface area contributed by atoms with E-state index in [1.165, 1.54) is 25.7 Å². The van der Waals surface area contributed by atoms with Crippen LogP contribution in [0.15, 0.2) is 48.5 Å². The van der Waals surface area contributed by atoms with Crippen LogP contribution in [0.4, 0.5) is 17.1 Å². The highest BCUT2D eigenvalue weighted by Gasteiger charge is 2.22. The Balaban J connectivity index is 1.53. The van der Waals surface area contributed by atoms with Gasteiger partial charge in [0.25, 0.3) is 5.91 Å². The van der Waals surface area contributed by atoms with Crippen molar-refractivity contribution >= 4 is 28.9 Å². The van der Waals surface area contributed by atoms with Crippen LogP contribution < -0.4 is 15.1 Å². The van der Waals surface area contributed by atoms with Gasteiger partial charge in [-0.05, 0) is 49.6 Å². The summed E-state index contributed by atoms with van der Waals surface area (Å²) >= 11 is 0. The van der Waals surface area contributed by atoms with Gasteiger partial charge >= 0.3 is 0 Å². The van der Waals surface area contributed by atoms with Gasteiger partial charge in [-0.25, -0.2) is 0 Å².